The molecule has 0 unspecified atom stereocenters. The first-order valence-corrected chi connectivity index (χ1v) is 9.71. The van der Waals surface area contributed by atoms with E-state index in [4.69, 9.17) is 4.74 Å². The molecule has 138 valence electrons. The zero-order valence-electron chi connectivity index (χ0n) is 14.7. The molecule has 0 saturated carbocycles. The van der Waals surface area contributed by atoms with Gasteiger partial charge < -0.3 is 9.64 Å². The second kappa shape index (κ2) is 8.32. The van der Waals surface area contributed by atoms with E-state index in [1.165, 1.54) is 11.8 Å². The minimum absolute atomic E-state index is 0.114. The molecular formula is C19H19N5O2S. The zero-order valence-corrected chi connectivity index (χ0v) is 15.5. The van der Waals surface area contributed by atoms with E-state index in [1.54, 1.807) is 10.9 Å². The van der Waals surface area contributed by atoms with Gasteiger partial charge in [0.05, 0.1) is 30.3 Å². The first-order chi connectivity index (χ1) is 13.3. The van der Waals surface area contributed by atoms with Gasteiger partial charge in [-0.15, -0.1) is 10.2 Å². The normalized spacial score (nSPS) is 14.3. The molecule has 3 heterocycles. The molecule has 0 bridgehead atoms. The monoisotopic (exact) mass is 381 g/mol. The van der Waals surface area contributed by atoms with Gasteiger partial charge in [0.25, 0.3) is 0 Å². The summed E-state index contributed by atoms with van der Waals surface area (Å²) in [5.74, 6) is 0.482. The van der Waals surface area contributed by atoms with Gasteiger partial charge in [0.2, 0.25) is 5.91 Å². The standard InChI is InChI=1S/C19H19N5O2S/c25-19(23-10-12-26-13-11-23)14-27-18-7-6-17(21-22-18)15-2-4-16(5-3-15)24-9-1-8-20-24/h1-9H,10-14H2. The van der Waals surface area contributed by atoms with Gasteiger partial charge in [0.15, 0.2) is 0 Å². The first-order valence-electron chi connectivity index (χ1n) is 8.72. The van der Waals surface area contributed by atoms with E-state index in [0.717, 1.165) is 22.0 Å². The fraction of sp³-hybridized carbons (Fsp3) is 0.263. The van der Waals surface area contributed by atoms with Crippen molar-refractivity contribution in [1.82, 2.24) is 24.9 Å². The van der Waals surface area contributed by atoms with Gasteiger partial charge >= 0.3 is 0 Å². The summed E-state index contributed by atoms with van der Waals surface area (Å²) >= 11 is 1.41. The van der Waals surface area contributed by atoms with E-state index in [9.17, 15) is 4.79 Å². The average Bonchev–Trinajstić information content (AvgIpc) is 3.28. The minimum atomic E-state index is 0.114. The third kappa shape index (κ3) is 4.35. The molecule has 0 aliphatic carbocycles. The Balaban J connectivity index is 1.36. The fourth-order valence-electron chi connectivity index (χ4n) is 2.80. The molecule has 2 aromatic heterocycles. The van der Waals surface area contributed by atoms with Gasteiger partial charge in [-0.25, -0.2) is 4.68 Å². The van der Waals surface area contributed by atoms with E-state index in [2.05, 4.69) is 15.3 Å². The summed E-state index contributed by atoms with van der Waals surface area (Å²) in [6.07, 6.45) is 3.65. The van der Waals surface area contributed by atoms with Crippen LogP contribution in [-0.4, -0.2) is 62.8 Å². The second-order valence-corrected chi connectivity index (χ2v) is 7.03. The number of benzene rings is 1. The van der Waals surface area contributed by atoms with Crippen LogP contribution in [0.25, 0.3) is 16.9 Å². The number of morpholine rings is 1. The van der Waals surface area contributed by atoms with Crippen molar-refractivity contribution in [2.45, 2.75) is 5.03 Å². The number of aromatic nitrogens is 4. The number of carbonyl (C=O) groups is 1. The Kier molecular flexibility index (Phi) is 5.45. The van der Waals surface area contributed by atoms with Crippen molar-refractivity contribution in [3.05, 3.63) is 54.9 Å². The molecule has 8 heteroatoms. The highest BCUT2D eigenvalue weighted by Gasteiger charge is 2.17. The highest BCUT2D eigenvalue weighted by molar-refractivity contribution is 7.99. The molecule has 1 aromatic carbocycles. The summed E-state index contributed by atoms with van der Waals surface area (Å²) in [7, 11) is 0. The summed E-state index contributed by atoms with van der Waals surface area (Å²) in [6, 6.07) is 13.7. The van der Waals surface area contributed by atoms with Crippen molar-refractivity contribution in [2.75, 3.05) is 32.1 Å². The predicted octanol–water partition coefficient (Wildman–Crippen LogP) is 2.28. The van der Waals surface area contributed by atoms with Gasteiger partial charge in [-0.1, -0.05) is 23.9 Å². The Morgan fingerprint density at radius 2 is 1.89 bits per heavy atom. The van der Waals surface area contributed by atoms with E-state index < -0.39 is 0 Å². The molecule has 1 amide bonds. The molecule has 27 heavy (non-hydrogen) atoms. The number of hydrogen-bond donors (Lipinski definition) is 0. The van der Waals surface area contributed by atoms with Gasteiger partial charge in [0, 0.05) is 31.0 Å². The Morgan fingerprint density at radius 3 is 2.56 bits per heavy atom. The van der Waals surface area contributed by atoms with Crippen LogP contribution in [0.2, 0.25) is 0 Å². The molecule has 0 spiro atoms. The Bertz CT molecular complexity index is 875. The van der Waals surface area contributed by atoms with Crippen LogP contribution >= 0.6 is 11.8 Å². The van der Waals surface area contributed by atoms with E-state index in [-0.39, 0.29) is 5.91 Å². The number of rotatable bonds is 5. The number of hydrogen-bond acceptors (Lipinski definition) is 6. The SMILES string of the molecule is O=C(CSc1ccc(-c2ccc(-n3cccn3)cc2)nn1)N1CCOCC1. The van der Waals surface area contributed by atoms with Gasteiger partial charge in [-0.2, -0.15) is 5.10 Å². The largest absolute Gasteiger partial charge is 0.378 e. The molecule has 0 radical (unpaired) electrons. The number of nitrogens with zero attached hydrogens (tertiary/aromatic N) is 5. The zero-order chi connectivity index (χ0) is 18.5. The smallest absolute Gasteiger partial charge is 0.233 e. The number of thioether (sulfide) groups is 1. The highest BCUT2D eigenvalue weighted by atomic mass is 32.2. The first kappa shape index (κ1) is 17.7. The van der Waals surface area contributed by atoms with Crippen LogP contribution in [0.1, 0.15) is 0 Å². The van der Waals surface area contributed by atoms with Gasteiger partial charge in [-0.05, 0) is 30.3 Å². The second-order valence-electron chi connectivity index (χ2n) is 6.04. The van der Waals surface area contributed by atoms with Crippen molar-refractivity contribution in [1.29, 1.82) is 0 Å². The van der Waals surface area contributed by atoms with Crippen LogP contribution in [-0.2, 0) is 9.53 Å². The van der Waals surface area contributed by atoms with Crippen molar-refractivity contribution < 1.29 is 9.53 Å². The van der Waals surface area contributed by atoms with E-state index in [0.29, 0.717) is 32.1 Å². The van der Waals surface area contributed by atoms with Crippen LogP contribution in [0.5, 0.6) is 0 Å². The van der Waals surface area contributed by atoms with Crippen molar-refractivity contribution >= 4 is 17.7 Å². The summed E-state index contributed by atoms with van der Waals surface area (Å²) in [5, 5.41) is 13.5. The molecule has 1 aliphatic heterocycles. The van der Waals surface area contributed by atoms with E-state index in [1.807, 2.05) is 53.6 Å². The third-order valence-electron chi connectivity index (χ3n) is 4.28. The fourth-order valence-corrected chi connectivity index (χ4v) is 3.51. The molecule has 1 fully saturated rings. The molecule has 4 rings (SSSR count). The van der Waals surface area contributed by atoms with Gasteiger partial charge in [0.1, 0.15) is 5.03 Å². The van der Waals surface area contributed by atoms with E-state index >= 15 is 0 Å². The lowest BCUT2D eigenvalue weighted by Crippen LogP contribution is -2.41. The molecule has 0 atom stereocenters. The lowest BCUT2D eigenvalue weighted by Gasteiger charge is -2.26. The maximum Gasteiger partial charge on any atom is 0.233 e. The van der Waals surface area contributed by atoms with Crippen molar-refractivity contribution in [3.8, 4) is 16.9 Å². The lowest BCUT2D eigenvalue weighted by atomic mass is 10.1. The van der Waals surface area contributed by atoms with Crippen LogP contribution in [0.4, 0.5) is 0 Å². The summed E-state index contributed by atoms with van der Waals surface area (Å²) < 4.78 is 7.07. The topological polar surface area (TPSA) is 73.1 Å². The van der Waals surface area contributed by atoms with Crippen LogP contribution in [0.3, 0.4) is 0 Å². The predicted molar refractivity (Wildman–Crippen MR) is 103 cm³/mol. The number of ether oxygens (including phenoxy) is 1. The highest BCUT2D eigenvalue weighted by Crippen LogP contribution is 2.21. The molecule has 1 saturated heterocycles. The summed E-state index contributed by atoms with van der Waals surface area (Å²) in [5.41, 5.74) is 2.77. The van der Waals surface area contributed by atoms with Crippen molar-refractivity contribution in [2.24, 2.45) is 0 Å². The van der Waals surface area contributed by atoms with Gasteiger partial charge in [-0.3, -0.25) is 4.79 Å². The molecule has 1 aliphatic rings. The lowest BCUT2D eigenvalue weighted by molar-refractivity contribution is -0.132. The molecule has 3 aromatic rings. The minimum Gasteiger partial charge on any atom is -0.378 e. The summed E-state index contributed by atoms with van der Waals surface area (Å²) in [4.78, 5) is 14.0. The number of amides is 1. The third-order valence-corrected chi connectivity index (χ3v) is 5.18. The van der Waals surface area contributed by atoms with Crippen molar-refractivity contribution in [3.63, 3.8) is 0 Å². The van der Waals surface area contributed by atoms with Crippen LogP contribution in [0.15, 0.2) is 59.9 Å². The maximum atomic E-state index is 12.2. The van der Waals surface area contributed by atoms with Crippen LogP contribution < -0.4 is 0 Å². The molecule has 0 N–H and O–H groups in total. The Hall–Kier alpha value is -2.71. The quantitative estimate of drug-likeness (QED) is 0.632. The molecule has 7 nitrogen and oxygen atoms in total. The average molecular weight is 381 g/mol. The molecular weight excluding hydrogens is 362 g/mol. The van der Waals surface area contributed by atoms with Crippen LogP contribution in [0, 0.1) is 0 Å². The maximum absolute atomic E-state index is 12.2. The summed E-state index contributed by atoms with van der Waals surface area (Å²) in [6.45, 7) is 2.56. The Labute approximate surface area is 161 Å². The Morgan fingerprint density at radius 1 is 1.07 bits per heavy atom. The number of carbonyl (C=O) groups excluding carboxylic acids is 1.